The first-order chi connectivity index (χ1) is 8.84. The van der Waals surface area contributed by atoms with Crippen LogP contribution in [0.1, 0.15) is 44.1 Å². The van der Waals surface area contributed by atoms with Gasteiger partial charge in [-0.15, -0.1) is 5.73 Å². The summed E-state index contributed by atoms with van der Waals surface area (Å²) in [5.41, 5.74) is 11.0. The fraction of sp³-hybridized carbons (Fsp3) is 0.500. The second-order valence-corrected chi connectivity index (χ2v) is 5.07. The predicted octanol–water partition coefficient (Wildman–Crippen LogP) is 3.41. The summed E-state index contributed by atoms with van der Waals surface area (Å²) in [7, 11) is 0. The van der Waals surface area contributed by atoms with E-state index in [0.717, 1.165) is 25.7 Å². The smallest absolute Gasteiger partial charge is 0.0928 e. The lowest BCUT2D eigenvalue weighted by Gasteiger charge is -2.23. The highest BCUT2D eigenvalue weighted by Crippen LogP contribution is 2.14. The Hall–Kier alpha value is -1.12. The van der Waals surface area contributed by atoms with Gasteiger partial charge in [-0.2, -0.15) is 0 Å². The van der Waals surface area contributed by atoms with E-state index in [-0.39, 0.29) is 6.17 Å². The molecule has 0 aromatic heterocycles. The molecule has 18 heavy (non-hydrogen) atoms. The molecule has 0 spiro atoms. The molecule has 0 bridgehead atoms. The first-order valence-corrected chi connectivity index (χ1v) is 7.00. The average Bonchev–Trinajstić information content (AvgIpc) is 2.36. The van der Waals surface area contributed by atoms with Crippen molar-refractivity contribution in [2.45, 2.75) is 50.7 Å². The number of rotatable bonds is 3. The Morgan fingerprint density at radius 3 is 2.72 bits per heavy atom. The van der Waals surface area contributed by atoms with Crippen LogP contribution < -0.4 is 11.1 Å². The maximum Gasteiger partial charge on any atom is 0.0928 e. The monoisotopic (exact) mass is 242 g/mol. The third-order valence-corrected chi connectivity index (χ3v) is 3.49. The first kappa shape index (κ1) is 13.3. The molecule has 1 aliphatic rings. The first-order valence-electron chi connectivity index (χ1n) is 7.00. The Bertz CT molecular complexity index is 359. The van der Waals surface area contributed by atoms with E-state index in [1.165, 1.54) is 18.4 Å². The zero-order valence-corrected chi connectivity index (χ0v) is 10.9. The van der Waals surface area contributed by atoms with Gasteiger partial charge in [0.1, 0.15) is 0 Å². The highest BCUT2D eigenvalue weighted by Gasteiger charge is 2.14. The normalized spacial score (nSPS) is 25.8. The van der Waals surface area contributed by atoms with Gasteiger partial charge in [-0.25, -0.2) is 0 Å². The summed E-state index contributed by atoms with van der Waals surface area (Å²) in [5.74, 6) is 0. The predicted molar refractivity (Wildman–Crippen MR) is 76.0 cm³/mol. The lowest BCUT2D eigenvalue weighted by atomic mass is 10.00. The molecule has 96 valence electrons. The summed E-state index contributed by atoms with van der Waals surface area (Å²) >= 11 is 0. The molecule has 2 atom stereocenters. The van der Waals surface area contributed by atoms with Gasteiger partial charge < -0.3 is 0 Å². The van der Waals surface area contributed by atoms with E-state index in [4.69, 9.17) is 0 Å². The van der Waals surface area contributed by atoms with Crippen molar-refractivity contribution in [3.05, 3.63) is 42.0 Å². The number of hydrogen-bond acceptors (Lipinski definition) is 1. The van der Waals surface area contributed by atoms with E-state index >= 15 is 0 Å². The molecule has 2 unspecified atom stereocenters. The molecule has 2 radical (unpaired) electrons. The molecule has 1 heterocycles. The molecule has 0 saturated carbocycles. The molecule has 1 N–H and O–H groups in total. The molecule has 1 saturated heterocycles. The number of nitrogens with one attached hydrogen (secondary N) is 1. The van der Waals surface area contributed by atoms with Crippen molar-refractivity contribution in [1.82, 2.24) is 11.1 Å². The average molecular weight is 242 g/mol. The fourth-order valence-corrected chi connectivity index (χ4v) is 2.46. The van der Waals surface area contributed by atoms with Gasteiger partial charge >= 0.3 is 0 Å². The van der Waals surface area contributed by atoms with Gasteiger partial charge in [0.2, 0.25) is 0 Å². The van der Waals surface area contributed by atoms with Gasteiger partial charge in [-0.05, 0) is 24.8 Å². The van der Waals surface area contributed by atoms with Gasteiger partial charge in [0, 0.05) is 6.04 Å². The molecule has 1 aromatic carbocycles. The van der Waals surface area contributed by atoms with Crippen LogP contribution in [0.4, 0.5) is 0 Å². The lowest BCUT2D eigenvalue weighted by Crippen LogP contribution is -2.40. The van der Waals surface area contributed by atoms with E-state index in [9.17, 15) is 5.73 Å². The summed E-state index contributed by atoms with van der Waals surface area (Å²) in [6.07, 6.45) is 10.7. The molecule has 2 nitrogen and oxygen atoms in total. The van der Waals surface area contributed by atoms with Crippen LogP contribution in [-0.4, -0.2) is 12.2 Å². The maximum absolute atomic E-state index is 9.77. The van der Waals surface area contributed by atoms with Crippen molar-refractivity contribution in [2.75, 3.05) is 0 Å². The Kier molecular flexibility index (Phi) is 5.43. The van der Waals surface area contributed by atoms with Crippen LogP contribution in [0.5, 0.6) is 0 Å². The number of benzene rings is 1. The van der Waals surface area contributed by atoms with Crippen LogP contribution in [0.2, 0.25) is 0 Å². The number of hydrogen-bond donors (Lipinski definition) is 1. The van der Waals surface area contributed by atoms with Crippen molar-refractivity contribution in [3.8, 4) is 0 Å². The van der Waals surface area contributed by atoms with Crippen molar-refractivity contribution in [1.29, 1.82) is 0 Å². The molecule has 2 rings (SSSR count). The summed E-state index contributed by atoms with van der Waals surface area (Å²) in [4.78, 5) is 0. The highest BCUT2D eigenvalue weighted by atomic mass is 15.0. The molecule has 2 heteroatoms. The Labute approximate surface area is 110 Å². The van der Waals surface area contributed by atoms with E-state index in [1.807, 2.05) is 6.07 Å². The summed E-state index contributed by atoms with van der Waals surface area (Å²) < 4.78 is 0. The highest BCUT2D eigenvalue weighted by molar-refractivity contribution is 5.48. The van der Waals surface area contributed by atoms with Crippen LogP contribution in [-0.2, 0) is 0 Å². The quantitative estimate of drug-likeness (QED) is 0.866. The molecule has 1 fully saturated rings. The maximum atomic E-state index is 9.77. The zero-order valence-electron chi connectivity index (χ0n) is 10.9. The van der Waals surface area contributed by atoms with Crippen molar-refractivity contribution in [2.24, 2.45) is 0 Å². The van der Waals surface area contributed by atoms with Crippen LogP contribution in [0, 0.1) is 0 Å². The van der Waals surface area contributed by atoms with Crippen molar-refractivity contribution < 1.29 is 0 Å². The molecule has 0 aliphatic carbocycles. The van der Waals surface area contributed by atoms with Crippen LogP contribution >= 0.6 is 0 Å². The minimum Gasteiger partial charge on any atom is -0.296 e. The standard InChI is InChI=1S/C16H22N2/c17-16-13-6-2-5-11-15(18-16)12-7-10-14-8-3-1-4-9-14/h1,3-4,7-10,15-16,18H,2,5-6,11-13H2. The SMILES string of the molecule is [N]C1CCCCCC(CC=Cc2ccccc2)N1. The van der Waals surface area contributed by atoms with Gasteiger partial charge in [0.15, 0.2) is 0 Å². The van der Waals surface area contributed by atoms with Gasteiger partial charge in [-0.3, -0.25) is 5.32 Å². The van der Waals surface area contributed by atoms with E-state index in [1.54, 1.807) is 0 Å². The molecule has 0 amide bonds. The van der Waals surface area contributed by atoms with E-state index in [0.29, 0.717) is 6.04 Å². The van der Waals surface area contributed by atoms with Crippen LogP contribution in [0.15, 0.2) is 36.4 Å². The largest absolute Gasteiger partial charge is 0.296 e. The van der Waals surface area contributed by atoms with Crippen molar-refractivity contribution in [3.63, 3.8) is 0 Å². The minimum absolute atomic E-state index is 0.319. The Morgan fingerprint density at radius 1 is 1.11 bits per heavy atom. The summed E-state index contributed by atoms with van der Waals surface area (Å²) in [6, 6.07) is 10.8. The van der Waals surface area contributed by atoms with Gasteiger partial charge in [0.25, 0.3) is 0 Å². The Morgan fingerprint density at radius 2 is 1.89 bits per heavy atom. The lowest BCUT2D eigenvalue weighted by molar-refractivity contribution is 0.345. The fourth-order valence-electron chi connectivity index (χ4n) is 2.46. The second kappa shape index (κ2) is 7.34. The Balaban J connectivity index is 1.82. The summed E-state index contributed by atoms with van der Waals surface area (Å²) in [5, 5.41) is 3.31. The van der Waals surface area contributed by atoms with Crippen molar-refractivity contribution >= 4 is 6.08 Å². The van der Waals surface area contributed by atoms with Gasteiger partial charge in [0.05, 0.1) is 6.17 Å². The third kappa shape index (κ3) is 4.63. The van der Waals surface area contributed by atoms with Crippen LogP contribution in [0.25, 0.3) is 6.08 Å². The third-order valence-electron chi connectivity index (χ3n) is 3.49. The zero-order chi connectivity index (χ0) is 12.6. The minimum atomic E-state index is -0.319. The van der Waals surface area contributed by atoms with E-state index < -0.39 is 0 Å². The second-order valence-electron chi connectivity index (χ2n) is 5.07. The van der Waals surface area contributed by atoms with E-state index in [2.05, 4.69) is 41.7 Å². The molecular weight excluding hydrogens is 220 g/mol. The molecule has 1 aliphatic heterocycles. The van der Waals surface area contributed by atoms with Crippen LogP contribution in [0.3, 0.4) is 0 Å². The molecule has 1 aromatic rings. The summed E-state index contributed by atoms with van der Waals surface area (Å²) in [6.45, 7) is 0. The molecular formula is C16H22N2. The topological polar surface area (TPSA) is 34.3 Å². The van der Waals surface area contributed by atoms with Gasteiger partial charge in [-0.1, -0.05) is 61.7 Å². The number of nitrogens with zero attached hydrogens (tertiary/aromatic N) is 1.